The van der Waals surface area contributed by atoms with Crippen molar-refractivity contribution in [1.29, 1.82) is 0 Å². The van der Waals surface area contributed by atoms with Crippen molar-refractivity contribution in [2.24, 2.45) is 0 Å². The fourth-order valence-corrected chi connectivity index (χ4v) is 1.42. The Bertz CT molecular complexity index is 287. The smallest absolute Gasteiger partial charge is 0.128 e. The van der Waals surface area contributed by atoms with Crippen molar-refractivity contribution in [2.45, 2.75) is 19.9 Å². The van der Waals surface area contributed by atoms with Gasteiger partial charge in [0.2, 0.25) is 0 Å². The van der Waals surface area contributed by atoms with Gasteiger partial charge in [-0.3, -0.25) is 0 Å². The molecule has 0 aromatic carbocycles. The van der Waals surface area contributed by atoms with Gasteiger partial charge in [0.05, 0.1) is 6.61 Å². The summed E-state index contributed by atoms with van der Waals surface area (Å²) in [5.41, 5.74) is 1.19. The highest BCUT2D eigenvalue weighted by Crippen LogP contribution is 2.08. The minimum Gasteiger partial charge on any atom is -0.395 e. The number of likely N-dealkylation sites (N-methyl/N-ethyl adjacent to an activating group) is 1. The lowest BCUT2D eigenvalue weighted by molar-refractivity contribution is 0.304. The molecule has 0 bridgehead atoms. The summed E-state index contributed by atoms with van der Waals surface area (Å²) in [4.78, 5) is 6.28. The molecule has 0 unspecified atom stereocenters. The summed E-state index contributed by atoms with van der Waals surface area (Å²) in [5.74, 6) is 0.897. The van der Waals surface area contributed by atoms with Gasteiger partial charge in [0.15, 0.2) is 0 Å². The highest BCUT2D eigenvalue weighted by molar-refractivity contribution is 5.38. The van der Waals surface area contributed by atoms with E-state index in [-0.39, 0.29) is 6.61 Å². The monoisotopic (exact) mass is 223 g/mol. The number of anilines is 1. The van der Waals surface area contributed by atoms with Gasteiger partial charge in [0.1, 0.15) is 5.82 Å². The zero-order valence-corrected chi connectivity index (χ0v) is 10.1. The number of nitrogens with one attached hydrogen (secondary N) is 1. The minimum absolute atomic E-state index is 0.151. The molecule has 1 heterocycles. The van der Waals surface area contributed by atoms with Crippen LogP contribution in [0, 0.1) is 0 Å². The molecule has 0 saturated heterocycles. The van der Waals surface area contributed by atoms with Crippen molar-refractivity contribution in [3.8, 4) is 0 Å². The SMILES string of the molecule is CCCNCc1ccc(N(C)CCO)nc1. The molecule has 1 aromatic heterocycles. The molecule has 1 rings (SSSR count). The first kappa shape index (κ1) is 12.9. The summed E-state index contributed by atoms with van der Waals surface area (Å²) in [5, 5.41) is 12.1. The largest absolute Gasteiger partial charge is 0.395 e. The van der Waals surface area contributed by atoms with E-state index in [1.54, 1.807) is 0 Å². The molecule has 0 atom stereocenters. The van der Waals surface area contributed by atoms with E-state index >= 15 is 0 Å². The summed E-state index contributed by atoms with van der Waals surface area (Å²) >= 11 is 0. The van der Waals surface area contributed by atoms with Crippen molar-refractivity contribution >= 4 is 5.82 Å². The van der Waals surface area contributed by atoms with Crippen LogP contribution in [0.4, 0.5) is 5.82 Å². The number of rotatable bonds is 7. The quantitative estimate of drug-likeness (QED) is 0.677. The molecule has 90 valence electrons. The number of pyridine rings is 1. The van der Waals surface area contributed by atoms with Crippen LogP contribution < -0.4 is 10.2 Å². The first-order chi connectivity index (χ1) is 7.77. The molecule has 0 saturated carbocycles. The van der Waals surface area contributed by atoms with Gasteiger partial charge in [-0.1, -0.05) is 13.0 Å². The van der Waals surface area contributed by atoms with Crippen LogP contribution in [0.15, 0.2) is 18.3 Å². The van der Waals surface area contributed by atoms with E-state index in [4.69, 9.17) is 5.11 Å². The zero-order chi connectivity index (χ0) is 11.8. The van der Waals surface area contributed by atoms with E-state index in [0.717, 1.165) is 25.3 Å². The molecule has 1 aromatic rings. The van der Waals surface area contributed by atoms with Crippen LogP contribution in [-0.4, -0.2) is 36.8 Å². The van der Waals surface area contributed by atoms with Crippen LogP contribution >= 0.6 is 0 Å². The third kappa shape index (κ3) is 4.16. The molecular formula is C12H21N3O. The second-order valence-corrected chi connectivity index (χ2v) is 3.85. The highest BCUT2D eigenvalue weighted by atomic mass is 16.3. The second kappa shape index (κ2) is 7.19. The maximum absolute atomic E-state index is 8.82. The van der Waals surface area contributed by atoms with Gasteiger partial charge in [-0.2, -0.15) is 0 Å². The Balaban J connectivity index is 2.47. The summed E-state index contributed by atoms with van der Waals surface area (Å²) in [6, 6.07) is 4.05. The maximum atomic E-state index is 8.82. The van der Waals surface area contributed by atoms with E-state index in [9.17, 15) is 0 Å². The fraction of sp³-hybridized carbons (Fsp3) is 0.583. The number of aromatic nitrogens is 1. The standard InChI is InChI=1S/C12H21N3O/c1-3-6-13-9-11-4-5-12(14-10-11)15(2)7-8-16/h4-5,10,13,16H,3,6-9H2,1-2H3. The van der Waals surface area contributed by atoms with Crippen molar-refractivity contribution in [3.63, 3.8) is 0 Å². The Morgan fingerprint density at radius 1 is 1.44 bits per heavy atom. The summed E-state index contributed by atoms with van der Waals surface area (Å²) in [6.07, 6.45) is 3.02. The van der Waals surface area contributed by atoms with Gasteiger partial charge in [0, 0.05) is 26.3 Å². The van der Waals surface area contributed by atoms with Gasteiger partial charge in [-0.15, -0.1) is 0 Å². The van der Waals surface area contributed by atoms with E-state index in [0.29, 0.717) is 6.54 Å². The van der Waals surface area contributed by atoms with E-state index < -0.39 is 0 Å². The molecule has 4 nitrogen and oxygen atoms in total. The fourth-order valence-electron chi connectivity index (χ4n) is 1.42. The van der Waals surface area contributed by atoms with Crippen LogP contribution in [0.5, 0.6) is 0 Å². The van der Waals surface area contributed by atoms with Crippen molar-refractivity contribution in [1.82, 2.24) is 10.3 Å². The number of nitrogens with zero attached hydrogens (tertiary/aromatic N) is 2. The van der Waals surface area contributed by atoms with Crippen LogP contribution in [0.25, 0.3) is 0 Å². The Kier molecular flexibility index (Phi) is 5.82. The van der Waals surface area contributed by atoms with Crippen LogP contribution in [-0.2, 0) is 6.54 Å². The lowest BCUT2D eigenvalue weighted by Crippen LogP contribution is -2.22. The van der Waals surface area contributed by atoms with Gasteiger partial charge in [-0.25, -0.2) is 4.98 Å². The molecule has 0 fully saturated rings. The van der Waals surface area contributed by atoms with E-state index in [1.165, 1.54) is 5.56 Å². The Morgan fingerprint density at radius 3 is 2.81 bits per heavy atom. The Morgan fingerprint density at radius 2 is 2.25 bits per heavy atom. The minimum atomic E-state index is 0.151. The molecule has 0 radical (unpaired) electrons. The molecule has 0 aliphatic rings. The first-order valence-electron chi connectivity index (χ1n) is 5.75. The van der Waals surface area contributed by atoms with Gasteiger partial charge in [0.25, 0.3) is 0 Å². The first-order valence-corrected chi connectivity index (χ1v) is 5.75. The number of aliphatic hydroxyl groups excluding tert-OH is 1. The van der Waals surface area contributed by atoms with E-state index in [1.807, 2.05) is 24.2 Å². The zero-order valence-electron chi connectivity index (χ0n) is 10.1. The average Bonchev–Trinajstić information content (AvgIpc) is 2.30. The van der Waals surface area contributed by atoms with Crippen LogP contribution in [0.2, 0.25) is 0 Å². The predicted molar refractivity (Wildman–Crippen MR) is 66.6 cm³/mol. The molecule has 0 aliphatic carbocycles. The predicted octanol–water partition coefficient (Wildman–Crippen LogP) is 1.01. The summed E-state index contributed by atoms with van der Waals surface area (Å²) in [7, 11) is 1.92. The molecule has 0 spiro atoms. The number of hydrogen-bond acceptors (Lipinski definition) is 4. The molecular weight excluding hydrogens is 202 g/mol. The van der Waals surface area contributed by atoms with Gasteiger partial charge >= 0.3 is 0 Å². The molecule has 0 aliphatic heterocycles. The lowest BCUT2D eigenvalue weighted by Gasteiger charge is -2.16. The van der Waals surface area contributed by atoms with Crippen molar-refractivity contribution in [3.05, 3.63) is 23.9 Å². The van der Waals surface area contributed by atoms with Crippen LogP contribution in [0.3, 0.4) is 0 Å². The Labute approximate surface area is 97.3 Å². The summed E-state index contributed by atoms with van der Waals surface area (Å²) in [6.45, 7) is 4.81. The number of hydrogen-bond donors (Lipinski definition) is 2. The second-order valence-electron chi connectivity index (χ2n) is 3.85. The third-order valence-electron chi connectivity index (χ3n) is 2.39. The van der Waals surface area contributed by atoms with E-state index in [2.05, 4.69) is 23.3 Å². The molecule has 4 heteroatoms. The third-order valence-corrected chi connectivity index (χ3v) is 2.39. The average molecular weight is 223 g/mol. The molecule has 0 amide bonds. The van der Waals surface area contributed by atoms with Crippen molar-refractivity contribution in [2.75, 3.05) is 31.6 Å². The maximum Gasteiger partial charge on any atom is 0.128 e. The van der Waals surface area contributed by atoms with Crippen molar-refractivity contribution < 1.29 is 5.11 Å². The van der Waals surface area contributed by atoms with Gasteiger partial charge in [-0.05, 0) is 24.6 Å². The highest BCUT2D eigenvalue weighted by Gasteiger charge is 2.01. The summed E-state index contributed by atoms with van der Waals surface area (Å²) < 4.78 is 0. The normalized spacial score (nSPS) is 10.4. The molecule has 2 N–H and O–H groups in total. The van der Waals surface area contributed by atoms with Gasteiger partial charge < -0.3 is 15.3 Å². The lowest BCUT2D eigenvalue weighted by atomic mass is 10.2. The van der Waals surface area contributed by atoms with Crippen LogP contribution in [0.1, 0.15) is 18.9 Å². The number of aliphatic hydroxyl groups is 1. The molecule has 16 heavy (non-hydrogen) atoms. The Hall–Kier alpha value is -1.13. The topological polar surface area (TPSA) is 48.4 Å².